The van der Waals surface area contributed by atoms with Crippen LogP contribution >= 0.6 is 0 Å². The summed E-state index contributed by atoms with van der Waals surface area (Å²) < 4.78 is 1.90. The molecule has 1 aliphatic carbocycles. The summed E-state index contributed by atoms with van der Waals surface area (Å²) in [5.74, 6) is 0.661. The smallest absolute Gasteiger partial charge is 0.247 e. The highest BCUT2D eigenvalue weighted by atomic mass is 16.2. The lowest BCUT2D eigenvalue weighted by molar-refractivity contribution is -0.141. The monoisotopic (exact) mass is 340 g/mol. The Hall–Kier alpha value is -2.37. The molecule has 25 heavy (non-hydrogen) atoms. The van der Waals surface area contributed by atoms with Crippen molar-refractivity contribution in [3.63, 3.8) is 0 Å². The van der Waals surface area contributed by atoms with Crippen molar-refractivity contribution in [1.82, 2.24) is 14.3 Å². The topological polar surface area (TPSA) is 66.7 Å². The second-order valence-corrected chi connectivity index (χ2v) is 7.42. The molecule has 2 aromatic rings. The lowest BCUT2D eigenvalue weighted by Gasteiger charge is -2.35. The zero-order chi connectivity index (χ0) is 17.6. The standard InChI is InChI=1S/C19H24N4O2/c1-12-9-15(12)19(25)23-8-4-3-5-16(23)18(24)21-14-6-7-17-20-13(2)10-22(17)11-14/h6-7,10-12,15-16H,3-5,8-9H2,1-2H3,(H,21,24)/t12-,15+,16+/m1/s1. The molecule has 1 saturated carbocycles. The summed E-state index contributed by atoms with van der Waals surface area (Å²) in [5.41, 5.74) is 2.52. The summed E-state index contributed by atoms with van der Waals surface area (Å²) in [6, 6.07) is 3.39. The first-order valence-corrected chi connectivity index (χ1v) is 9.09. The third-order valence-electron chi connectivity index (χ3n) is 5.35. The van der Waals surface area contributed by atoms with E-state index in [0.717, 1.165) is 42.7 Å². The molecule has 4 rings (SSSR count). The summed E-state index contributed by atoms with van der Waals surface area (Å²) in [5, 5.41) is 2.99. The van der Waals surface area contributed by atoms with Gasteiger partial charge in [-0.1, -0.05) is 6.92 Å². The number of anilines is 1. The molecule has 0 unspecified atom stereocenters. The Morgan fingerprint density at radius 1 is 1.24 bits per heavy atom. The summed E-state index contributed by atoms with van der Waals surface area (Å²) in [6.07, 6.45) is 7.46. The number of carbonyl (C=O) groups excluding carboxylic acids is 2. The van der Waals surface area contributed by atoms with Gasteiger partial charge in [-0.25, -0.2) is 4.98 Å². The van der Waals surface area contributed by atoms with Crippen molar-refractivity contribution in [1.29, 1.82) is 0 Å². The predicted octanol–water partition coefficient (Wildman–Crippen LogP) is 2.62. The number of rotatable bonds is 3. The van der Waals surface area contributed by atoms with Crippen molar-refractivity contribution in [2.24, 2.45) is 11.8 Å². The molecule has 2 aliphatic rings. The number of aryl methyl sites for hydroxylation is 1. The molecule has 3 heterocycles. The van der Waals surface area contributed by atoms with Crippen LogP contribution in [-0.4, -0.2) is 38.7 Å². The van der Waals surface area contributed by atoms with Crippen LogP contribution in [0.5, 0.6) is 0 Å². The van der Waals surface area contributed by atoms with E-state index in [9.17, 15) is 9.59 Å². The van der Waals surface area contributed by atoms with Crippen LogP contribution in [0.25, 0.3) is 5.65 Å². The van der Waals surface area contributed by atoms with Crippen LogP contribution in [0.15, 0.2) is 24.5 Å². The minimum atomic E-state index is -0.353. The molecular weight excluding hydrogens is 316 g/mol. The number of piperidine rings is 1. The number of amides is 2. The minimum absolute atomic E-state index is 0.0856. The number of hydrogen-bond donors (Lipinski definition) is 1. The fourth-order valence-electron chi connectivity index (χ4n) is 3.77. The molecule has 1 N–H and O–H groups in total. The SMILES string of the molecule is Cc1cn2cc(NC(=O)[C@@H]3CCCCN3C(=O)[C@H]3C[C@H]3C)ccc2n1. The lowest BCUT2D eigenvalue weighted by Crippen LogP contribution is -2.50. The number of hydrogen-bond acceptors (Lipinski definition) is 3. The maximum atomic E-state index is 12.8. The van der Waals surface area contributed by atoms with Gasteiger partial charge in [0.05, 0.1) is 11.4 Å². The Morgan fingerprint density at radius 2 is 2.04 bits per heavy atom. The van der Waals surface area contributed by atoms with Crippen LogP contribution in [0, 0.1) is 18.8 Å². The molecule has 1 saturated heterocycles. The van der Waals surface area contributed by atoms with Gasteiger partial charge in [0.15, 0.2) is 0 Å². The van der Waals surface area contributed by atoms with Gasteiger partial charge in [0.25, 0.3) is 0 Å². The fraction of sp³-hybridized carbons (Fsp3) is 0.526. The van der Waals surface area contributed by atoms with Crippen molar-refractivity contribution in [2.45, 2.75) is 45.6 Å². The molecule has 0 bridgehead atoms. The summed E-state index contributed by atoms with van der Waals surface area (Å²) >= 11 is 0. The van der Waals surface area contributed by atoms with Gasteiger partial charge in [0.2, 0.25) is 11.8 Å². The van der Waals surface area contributed by atoms with Crippen molar-refractivity contribution in [3.05, 3.63) is 30.2 Å². The van der Waals surface area contributed by atoms with E-state index in [-0.39, 0.29) is 23.8 Å². The van der Waals surface area contributed by atoms with Crippen LogP contribution in [-0.2, 0) is 9.59 Å². The van der Waals surface area contributed by atoms with Gasteiger partial charge in [-0.15, -0.1) is 0 Å². The van der Waals surface area contributed by atoms with Crippen LogP contribution < -0.4 is 5.32 Å². The third-order valence-corrected chi connectivity index (χ3v) is 5.35. The second-order valence-electron chi connectivity index (χ2n) is 7.42. The molecule has 6 heteroatoms. The first-order valence-electron chi connectivity index (χ1n) is 9.09. The molecule has 2 aromatic heterocycles. The number of imidazole rings is 1. The van der Waals surface area contributed by atoms with E-state index < -0.39 is 0 Å². The van der Waals surface area contributed by atoms with E-state index >= 15 is 0 Å². The Morgan fingerprint density at radius 3 is 2.80 bits per heavy atom. The van der Waals surface area contributed by atoms with Crippen LogP contribution in [0.2, 0.25) is 0 Å². The molecule has 0 aromatic carbocycles. The van der Waals surface area contributed by atoms with E-state index in [1.807, 2.05) is 40.8 Å². The summed E-state index contributed by atoms with van der Waals surface area (Å²) in [6.45, 7) is 4.74. The zero-order valence-corrected chi connectivity index (χ0v) is 14.7. The average Bonchev–Trinajstić information content (AvgIpc) is 3.21. The van der Waals surface area contributed by atoms with Gasteiger partial charge in [-0.2, -0.15) is 0 Å². The number of carbonyl (C=O) groups is 2. The molecule has 0 spiro atoms. The van der Waals surface area contributed by atoms with Crippen LogP contribution in [0.1, 0.15) is 38.3 Å². The lowest BCUT2D eigenvalue weighted by atomic mass is 10.0. The molecule has 132 valence electrons. The molecule has 6 nitrogen and oxygen atoms in total. The normalized spacial score (nSPS) is 25.8. The molecule has 2 fully saturated rings. The molecule has 0 radical (unpaired) electrons. The first-order chi connectivity index (χ1) is 12.0. The number of aromatic nitrogens is 2. The van der Waals surface area contributed by atoms with E-state index in [1.165, 1.54) is 0 Å². The van der Waals surface area contributed by atoms with Gasteiger partial charge < -0.3 is 14.6 Å². The largest absolute Gasteiger partial charge is 0.330 e. The van der Waals surface area contributed by atoms with Crippen molar-refractivity contribution in [3.8, 4) is 0 Å². The quantitative estimate of drug-likeness (QED) is 0.934. The van der Waals surface area contributed by atoms with E-state index in [2.05, 4.69) is 17.2 Å². The fourth-order valence-corrected chi connectivity index (χ4v) is 3.77. The van der Waals surface area contributed by atoms with Crippen molar-refractivity contribution in [2.75, 3.05) is 11.9 Å². The van der Waals surface area contributed by atoms with Gasteiger partial charge in [-0.3, -0.25) is 9.59 Å². The first kappa shape index (κ1) is 16.1. The predicted molar refractivity (Wildman–Crippen MR) is 95.2 cm³/mol. The van der Waals surface area contributed by atoms with Gasteiger partial charge in [0.1, 0.15) is 11.7 Å². The highest BCUT2D eigenvalue weighted by molar-refractivity contribution is 5.97. The van der Waals surface area contributed by atoms with Gasteiger partial charge in [-0.05, 0) is 50.7 Å². The molecular formula is C19H24N4O2. The number of fused-ring (bicyclic) bond motifs is 1. The van der Waals surface area contributed by atoms with E-state index in [0.29, 0.717) is 12.5 Å². The average molecular weight is 340 g/mol. The second kappa shape index (κ2) is 6.17. The maximum Gasteiger partial charge on any atom is 0.247 e. The zero-order valence-electron chi connectivity index (χ0n) is 14.7. The van der Waals surface area contributed by atoms with E-state index in [4.69, 9.17) is 0 Å². The Labute approximate surface area is 147 Å². The van der Waals surface area contributed by atoms with Crippen LogP contribution in [0.3, 0.4) is 0 Å². The molecule has 1 aliphatic heterocycles. The molecule has 3 atom stereocenters. The Bertz CT molecular complexity index is 828. The summed E-state index contributed by atoms with van der Waals surface area (Å²) in [7, 11) is 0. The number of nitrogens with one attached hydrogen (secondary N) is 1. The van der Waals surface area contributed by atoms with Crippen LogP contribution in [0.4, 0.5) is 5.69 Å². The minimum Gasteiger partial charge on any atom is -0.330 e. The van der Waals surface area contributed by atoms with Crippen molar-refractivity contribution < 1.29 is 9.59 Å². The number of nitrogens with zero attached hydrogens (tertiary/aromatic N) is 3. The summed E-state index contributed by atoms with van der Waals surface area (Å²) in [4.78, 5) is 31.7. The highest BCUT2D eigenvalue weighted by Gasteiger charge is 2.44. The van der Waals surface area contributed by atoms with E-state index in [1.54, 1.807) is 0 Å². The third kappa shape index (κ3) is 3.13. The van der Waals surface area contributed by atoms with Gasteiger partial charge in [0, 0.05) is 24.9 Å². The number of likely N-dealkylation sites (tertiary alicyclic amines) is 1. The molecule has 2 amide bonds. The van der Waals surface area contributed by atoms with Gasteiger partial charge >= 0.3 is 0 Å². The maximum absolute atomic E-state index is 12.8. The highest BCUT2D eigenvalue weighted by Crippen LogP contribution is 2.40. The van der Waals surface area contributed by atoms with Crippen molar-refractivity contribution >= 4 is 23.1 Å². The Balaban J connectivity index is 1.50. The number of pyridine rings is 1. The Kier molecular flexibility index (Phi) is 3.98.